The number of carbonyl (C=O) groups is 1. The number of aromatic nitrogens is 3. The maximum atomic E-state index is 12.2. The molecule has 3 N–H and O–H groups in total. The second-order valence-electron chi connectivity index (χ2n) is 5.62. The average molecular weight is 476 g/mol. The fraction of sp³-hybridized carbons (Fsp3) is 0.0588. The van der Waals surface area contributed by atoms with E-state index in [9.17, 15) is 14.9 Å². The summed E-state index contributed by atoms with van der Waals surface area (Å²) in [6.07, 6.45) is 1.39. The lowest BCUT2D eigenvalue weighted by atomic mass is 10.2. The Morgan fingerprint density at radius 1 is 1.31 bits per heavy atom. The number of benzene rings is 2. The van der Waals surface area contributed by atoms with Crippen LogP contribution in [0.25, 0.3) is 0 Å². The summed E-state index contributed by atoms with van der Waals surface area (Å²) < 4.78 is 2.06. The van der Waals surface area contributed by atoms with Gasteiger partial charge in [-0.1, -0.05) is 52.0 Å². The van der Waals surface area contributed by atoms with E-state index in [1.54, 1.807) is 36.4 Å². The van der Waals surface area contributed by atoms with Gasteiger partial charge in [-0.05, 0) is 12.1 Å². The Hall–Kier alpha value is -3.25. The molecule has 0 amide bonds. The number of nitrogens with two attached hydrogens (primary N) is 1. The van der Waals surface area contributed by atoms with Crippen LogP contribution in [0.15, 0.2) is 63.3 Å². The predicted molar refractivity (Wildman–Crippen MR) is 114 cm³/mol. The van der Waals surface area contributed by atoms with Gasteiger partial charge in [0.1, 0.15) is 0 Å². The van der Waals surface area contributed by atoms with Gasteiger partial charge in [-0.15, -0.1) is 10.2 Å². The molecule has 0 radical (unpaired) electrons. The van der Waals surface area contributed by atoms with Crippen molar-refractivity contribution in [2.24, 2.45) is 5.10 Å². The summed E-state index contributed by atoms with van der Waals surface area (Å²) in [5, 5.41) is 22.9. The number of nitrogens with zero attached hydrogens (tertiary/aromatic N) is 5. The topological polar surface area (TPSA) is 141 Å². The van der Waals surface area contributed by atoms with Crippen molar-refractivity contribution in [1.82, 2.24) is 14.9 Å². The lowest BCUT2D eigenvalue weighted by molar-refractivity contribution is -0.384. The number of nitro benzene ring substituents is 1. The van der Waals surface area contributed by atoms with Crippen molar-refractivity contribution in [2.45, 2.75) is 5.16 Å². The highest BCUT2D eigenvalue weighted by Gasteiger charge is 2.13. The molecule has 12 heteroatoms. The highest BCUT2D eigenvalue weighted by molar-refractivity contribution is 9.10. The third kappa shape index (κ3) is 5.39. The van der Waals surface area contributed by atoms with Gasteiger partial charge in [0, 0.05) is 27.7 Å². The van der Waals surface area contributed by atoms with E-state index < -0.39 is 4.92 Å². The number of Topliss-reactive ketones (excluding diaryl/α,β-unsaturated/α-hetero) is 1. The van der Waals surface area contributed by atoms with E-state index in [0.29, 0.717) is 16.3 Å². The predicted octanol–water partition coefficient (Wildman–Crippen LogP) is 3.08. The summed E-state index contributed by atoms with van der Waals surface area (Å²) >= 11 is 4.47. The van der Waals surface area contributed by atoms with E-state index in [-0.39, 0.29) is 23.2 Å². The first-order valence-electron chi connectivity index (χ1n) is 8.09. The van der Waals surface area contributed by atoms with Crippen LogP contribution in [0.4, 0.5) is 11.6 Å². The maximum absolute atomic E-state index is 12.2. The molecule has 10 nitrogen and oxygen atoms in total. The number of carbonyl (C=O) groups excluding carboxylic acids is 1. The van der Waals surface area contributed by atoms with E-state index in [4.69, 9.17) is 5.84 Å². The summed E-state index contributed by atoms with van der Waals surface area (Å²) in [7, 11) is 0. The smallest absolute Gasteiger partial charge is 0.270 e. The van der Waals surface area contributed by atoms with E-state index in [1.807, 2.05) is 0 Å². The number of nitro groups is 1. The van der Waals surface area contributed by atoms with Crippen LogP contribution >= 0.6 is 27.7 Å². The Balaban J connectivity index is 1.59. The summed E-state index contributed by atoms with van der Waals surface area (Å²) in [6, 6.07) is 13.1. The van der Waals surface area contributed by atoms with Gasteiger partial charge in [0.2, 0.25) is 5.16 Å². The fourth-order valence-electron chi connectivity index (χ4n) is 2.18. The van der Waals surface area contributed by atoms with Crippen molar-refractivity contribution in [3.8, 4) is 0 Å². The Kier molecular flexibility index (Phi) is 6.57. The third-order valence-electron chi connectivity index (χ3n) is 3.62. The molecule has 0 unspecified atom stereocenters. The first-order chi connectivity index (χ1) is 13.9. The molecular weight excluding hydrogens is 462 g/mol. The van der Waals surface area contributed by atoms with Crippen molar-refractivity contribution in [2.75, 3.05) is 17.0 Å². The number of thioether (sulfide) groups is 1. The zero-order valence-electron chi connectivity index (χ0n) is 14.7. The summed E-state index contributed by atoms with van der Waals surface area (Å²) in [6.45, 7) is 0. The normalized spacial score (nSPS) is 10.9. The zero-order chi connectivity index (χ0) is 20.8. The van der Waals surface area contributed by atoms with Crippen molar-refractivity contribution < 1.29 is 9.72 Å². The molecule has 1 heterocycles. The Morgan fingerprint density at radius 3 is 2.79 bits per heavy atom. The molecule has 3 rings (SSSR count). The fourth-order valence-corrected chi connectivity index (χ4v) is 3.20. The van der Waals surface area contributed by atoms with Crippen LogP contribution in [-0.2, 0) is 0 Å². The summed E-state index contributed by atoms with van der Waals surface area (Å²) in [5.74, 6) is 6.16. The molecule has 29 heavy (non-hydrogen) atoms. The lowest BCUT2D eigenvalue weighted by Gasteiger charge is -2.03. The Bertz CT molecular complexity index is 1070. The second-order valence-corrected chi connectivity index (χ2v) is 7.48. The number of nitrogens with one attached hydrogen (secondary N) is 1. The minimum Gasteiger partial charge on any atom is -0.334 e. The quantitative estimate of drug-likeness (QED) is 0.126. The number of non-ortho nitro benzene ring substituents is 1. The number of rotatable bonds is 8. The minimum atomic E-state index is -0.486. The molecule has 0 atom stereocenters. The molecule has 0 fully saturated rings. The van der Waals surface area contributed by atoms with Gasteiger partial charge >= 0.3 is 0 Å². The van der Waals surface area contributed by atoms with Gasteiger partial charge in [0.05, 0.1) is 16.9 Å². The molecule has 0 spiro atoms. The molecule has 1 aromatic heterocycles. The minimum absolute atomic E-state index is 0.0370. The van der Waals surface area contributed by atoms with E-state index in [1.165, 1.54) is 23.0 Å². The van der Waals surface area contributed by atoms with Crippen LogP contribution in [0.3, 0.4) is 0 Å². The van der Waals surface area contributed by atoms with E-state index >= 15 is 0 Å². The Labute approximate surface area is 177 Å². The molecular formula is C17H14BrN7O3S. The van der Waals surface area contributed by atoms with Gasteiger partial charge < -0.3 is 5.84 Å². The average Bonchev–Trinajstić information content (AvgIpc) is 3.06. The molecule has 0 aliphatic carbocycles. The van der Waals surface area contributed by atoms with Crippen LogP contribution in [0.1, 0.15) is 15.9 Å². The van der Waals surface area contributed by atoms with Gasteiger partial charge in [-0.2, -0.15) is 5.10 Å². The third-order valence-corrected chi connectivity index (χ3v) is 5.09. The van der Waals surface area contributed by atoms with E-state index in [0.717, 1.165) is 16.2 Å². The number of hydrogen-bond acceptors (Lipinski definition) is 9. The van der Waals surface area contributed by atoms with Gasteiger partial charge in [-0.25, -0.2) is 10.1 Å². The highest BCUT2D eigenvalue weighted by atomic mass is 79.9. The molecule has 0 aliphatic heterocycles. The summed E-state index contributed by atoms with van der Waals surface area (Å²) in [5.41, 5.74) is 3.70. The standard InChI is InChI=1S/C17H14BrN7O3S/c18-13-6-4-12(5-7-13)15(26)10-29-17-23-22-16(24(17)19)21-20-9-11-2-1-3-14(8-11)25(27)28/h1-9H,10,19H2,(H,21,22)/b20-9+. The van der Waals surface area contributed by atoms with Crippen LogP contribution < -0.4 is 11.3 Å². The molecule has 0 aliphatic rings. The van der Waals surface area contributed by atoms with Crippen LogP contribution in [-0.4, -0.2) is 37.5 Å². The van der Waals surface area contributed by atoms with Crippen molar-refractivity contribution in [3.63, 3.8) is 0 Å². The molecule has 148 valence electrons. The lowest BCUT2D eigenvalue weighted by Crippen LogP contribution is -2.14. The van der Waals surface area contributed by atoms with Crippen molar-refractivity contribution in [3.05, 3.63) is 74.2 Å². The van der Waals surface area contributed by atoms with Crippen LogP contribution in [0, 0.1) is 10.1 Å². The van der Waals surface area contributed by atoms with Crippen LogP contribution in [0.2, 0.25) is 0 Å². The van der Waals surface area contributed by atoms with Gasteiger partial charge in [-0.3, -0.25) is 14.9 Å². The number of halogens is 1. The number of ketones is 1. The molecule has 0 saturated heterocycles. The molecule has 0 saturated carbocycles. The van der Waals surface area contributed by atoms with Crippen molar-refractivity contribution >= 4 is 51.3 Å². The molecule has 2 aromatic carbocycles. The number of hydrogen-bond donors (Lipinski definition) is 2. The van der Waals surface area contributed by atoms with Crippen LogP contribution in [0.5, 0.6) is 0 Å². The van der Waals surface area contributed by atoms with Gasteiger partial charge in [0.25, 0.3) is 11.6 Å². The van der Waals surface area contributed by atoms with Gasteiger partial charge in [0.15, 0.2) is 5.78 Å². The number of hydrazone groups is 1. The number of nitrogen functional groups attached to an aromatic ring is 1. The summed E-state index contributed by atoms with van der Waals surface area (Å²) in [4.78, 5) is 22.5. The maximum Gasteiger partial charge on any atom is 0.270 e. The molecule has 0 bridgehead atoms. The van der Waals surface area contributed by atoms with Crippen molar-refractivity contribution in [1.29, 1.82) is 0 Å². The molecule has 3 aromatic rings. The monoisotopic (exact) mass is 475 g/mol. The number of anilines is 1. The zero-order valence-corrected chi connectivity index (χ0v) is 17.1. The Morgan fingerprint density at radius 2 is 2.07 bits per heavy atom. The van der Waals surface area contributed by atoms with E-state index in [2.05, 4.69) is 36.7 Å². The largest absolute Gasteiger partial charge is 0.334 e. The second kappa shape index (κ2) is 9.30. The first kappa shape index (κ1) is 20.5. The first-order valence-corrected chi connectivity index (χ1v) is 9.87. The SMILES string of the molecule is Nn1c(N/N=C/c2cccc([N+](=O)[O-])c2)nnc1SCC(=O)c1ccc(Br)cc1. The highest BCUT2D eigenvalue weighted by Crippen LogP contribution is 2.19.